The van der Waals surface area contributed by atoms with Gasteiger partial charge in [0.05, 0.1) is 5.01 Å². The molecule has 0 amide bonds. The summed E-state index contributed by atoms with van der Waals surface area (Å²) in [7, 11) is 1.76. The number of nitrogens with zero attached hydrogens (tertiary/aromatic N) is 2. The van der Waals surface area contributed by atoms with Crippen LogP contribution in [0.3, 0.4) is 0 Å². The summed E-state index contributed by atoms with van der Waals surface area (Å²) in [5.41, 5.74) is 2.09. The molecule has 138 valence electrons. The lowest BCUT2D eigenvalue weighted by Gasteiger charge is -2.11. The molecule has 2 rings (SSSR count). The molecule has 2 N–H and O–H groups in total. The molecule has 0 aliphatic carbocycles. The lowest BCUT2D eigenvalue weighted by molar-refractivity contribution is 0.625. The van der Waals surface area contributed by atoms with Crippen LogP contribution in [0.2, 0.25) is 0 Å². The van der Waals surface area contributed by atoms with E-state index >= 15 is 0 Å². The molecule has 7 heteroatoms. The fourth-order valence-electron chi connectivity index (χ4n) is 2.36. The molecule has 0 fully saturated rings. The van der Waals surface area contributed by atoms with Crippen LogP contribution in [0.15, 0.2) is 34.6 Å². The van der Waals surface area contributed by atoms with E-state index in [1.54, 1.807) is 30.5 Å². The second kappa shape index (κ2) is 12.2. The molecule has 0 aliphatic heterocycles. The Bertz CT molecular complexity index is 660. The highest BCUT2D eigenvalue weighted by Gasteiger charge is 2.01. The number of aromatic nitrogens is 1. The quantitative estimate of drug-likeness (QED) is 0.263. The van der Waals surface area contributed by atoms with Crippen molar-refractivity contribution in [3.8, 4) is 0 Å². The summed E-state index contributed by atoms with van der Waals surface area (Å²) in [5.74, 6) is 0.599. The van der Waals surface area contributed by atoms with Gasteiger partial charge in [0, 0.05) is 31.2 Å². The maximum atomic E-state index is 13.1. The van der Waals surface area contributed by atoms with Gasteiger partial charge in [-0.2, -0.15) is 0 Å². The van der Waals surface area contributed by atoms with Crippen LogP contribution in [0.4, 0.5) is 4.39 Å². The van der Waals surface area contributed by atoms with Crippen molar-refractivity contribution >= 4 is 41.3 Å². The number of aliphatic imine (C=N–C) groups is 1. The fraction of sp³-hybridized carbons (Fsp3) is 0.444. The highest BCUT2D eigenvalue weighted by molar-refractivity contribution is 14.0. The first-order chi connectivity index (χ1) is 11.7. The number of rotatable bonds is 8. The van der Waals surface area contributed by atoms with Crippen molar-refractivity contribution < 1.29 is 4.39 Å². The van der Waals surface area contributed by atoms with E-state index < -0.39 is 0 Å². The Hall–Kier alpha value is -1.22. The number of halogens is 2. The predicted molar refractivity (Wildman–Crippen MR) is 115 cm³/mol. The van der Waals surface area contributed by atoms with Gasteiger partial charge in [-0.3, -0.25) is 4.99 Å². The largest absolute Gasteiger partial charge is 0.356 e. The topological polar surface area (TPSA) is 49.3 Å². The first-order valence-electron chi connectivity index (χ1n) is 8.27. The number of benzene rings is 1. The maximum Gasteiger partial charge on any atom is 0.190 e. The van der Waals surface area contributed by atoms with Crippen molar-refractivity contribution in [3.63, 3.8) is 0 Å². The molecule has 0 aliphatic rings. The maximum absolute atomic E-state index is 13.1. The first kappa shape index (κ1) is 21.8. The molecule has 2 aromatic rings. The van der Waals surface area contributed by atoms with Crippen molar-refractivity contribution in [2.24, 2.45) is 4.99 Å². The van der Waals surface area contributed by atoms with Gasteiger partial charge in [0.2, 0.25) is 0 Å². The number of hydrogen-bond donors (Lipinski definition) is 2. The monoisotopic (exact) mass is 476 g/mol. The van der Waals surface area contributed by atoms with E-state index in [4.69, 9.17) is 0 Å². The summed E-state index contributed by atoms with van der Waals surface area (Å²) in [6, 6.07) is 6.70. The molecule has 0 radical (unpaired) electrons. The van der Waals surface area contributed by atoms with Crippen molar-refractivity contribution in [2.45, 2.75) is 32.6 Å². The summed E-state index contributed by atoms with van der Waals surface area (Å²) >= 11 is 1.73. The molecule has 0 bridgehead atoms. The van der Waals surface area contributed by atoms with E-state index in [0.29, 0.717) is 0 Å². The zero-order chi connectivity index (χ0) is 17.2. The zero-order valence-corrected chi connectivity index (χ0v) is 17.9. The van der Waals surface area contributed by atoms with Gasteiger partial charge in [0.25, 0.3) is 0 Å². The van der Waals surface area contributed by atoms with E-state index in [1.807, 2.05) is 13.0 Å². The highest BCUT2D eigenvalue weighted by atomic mass is 127. The fourth-order valence-corrected chi connectivity index (χ4v) is 3.18. The van der Waals surface area contributed by atoms with Crippen molar-refractivity contribution in [2.75, 3.05) is 20.1 Å². The van der Waals surface area contributed by atoms with Crippen LogP contribution < -0.4 is 10.6 Å². The van der Waals surface area contributed by atoms with Crippen LogP contribution in [0, 0.1) is 12.7 Å². The molecule has 25 heavy (non-hydrogen) atoms. The lowest BCUT2D eigenvalue weighted by Crippen LogP contribution is -2.38. The Morgan fingerprint density at radius 3 is 2.68 bits per heavy atom. The van der Waals surface area contributed by atoms with Gasteiger partial charge in [-0.25, -0.2) is 9.37 Å². The van der Waals surface area contributed by atoms with Crippen LogP contribution in [-0.4, -0.2) is 31.1 Å². The average Bonchev–Trinajstić information content (AvgIpc) is 2.98. The smallest absolute Gasteiger partial charge is 0.190 e. The van der Waals surface area contributed by atoms with E-state index in [1.165, 1.54) is 11.1 Å². The van der Waals surface area contributed by atoms with Gasteiger partial charge < -0.3 is 10.6 Å². The number of nitrogens with one attached hydrogen (secondary N) is 2. The van der Waals surface area contributed by atoms with Crippen LogP contribution in [-0.2, 0) is 12.8 Å². The van der Waals surface area contributed by atoms with Crippen molar-refractivity contribution in [3.05, 3.63) is 51.7 Å². The minimum absolute atomic E-state index is 0. The molecule has 1 heterocycles. The summed E-state index contributed by atoms with van der Waals surface area (Å²) in [6.45, 7) is 3.63. The second-order valence-corrected chi connectivity index (χ2v) is 6.59. The summed E-state index contributed by atoms with van der Waals surface area (Å²) in [6.07, 6.45) is 3.98. The van der Waals surface area contributed by atoms with Gasteiger partial charge in [0.1, 0.15) is 5.82 Å². The Labute approximate surface area is 170 Å². The molecular formula is C18H26FIN4S. The number of thiazole rings is 1. The van der Waals surface area contributed by atoms with Crippen molar-refractivity contribution in [1.82, 2.24) is 15.6 Å². The summed E-state index contributed by atoms with van der Waals surface area (Å²) in [4.78, 5) is 8.68. The summed E-state index contributed by atoms with van der Waals surface area (Å²) < 4.78 is 13.1. The molecule has 0 unspecified atom stereocenters. The van der Waals surface area contributed by atoms with Crippen LogP contribution in [0.1, 0.15) is 29.1 Å². The Balaban J connectivity index is 0.00000312. The van der Waals surface area contributed by atoms with Gasteiger partial charge in [-0.15, -0.1) is 35.3 Å². The molecule has 1 aromatic heterocycles. The minimum Gasteiger partial charge on any atom is -0.356 e. The van der Waals surface area contributed by atoms with Crippen LogP contribution >= 0.6 is 35.3 Å². The molecule has 0 spiro atoms. The third-order valence-electron chi connectivity index (χ3n) is 3.60. The highest BCUT2D eigenvalue weighted by Crippen LogP contribution is 2.11. The Morgan fingerprint density at radius 2 is 2.00 bits per heavy atom. The number of guanidine groups is 1. The predicted octanol–water partition coefficient (Wildman–Crippen LogP) is 3.94. The van der Waals surface area contributed by atoms with Crippen molar-refractivity contribution in [1.29, 1.82) is 0 Å². The third kappa shape index (κ3) is 8.62. The standard InChI is InChI=1S/C18H25FN4S.HI/c1-14-13-24-17(23-14)8-3-4-10-21-18(20-2)22-11-9-15-6-5-7-16(19)12-15;/h5-7,12-13H,3-4,8-11H2,1-2H3,(H2,20,21,22);1H. The minimum atomic E-state index is -0.189. The van der Waals surface area contributed by atoms with E-state index in [2.05, 4.69) is 26.0 Å². The zero-order valence-electron chi connectivity index (χ0n) is 14.7. The van der Waals surface area contributed by atoms with E-state index in [-0.39, 0.29) is 29.8 Å². The lowest BCUT2D eigenvalue weighted by atomic mass is 10.1. The molecular weight excluding hydrogens is 450 g/mol. The van der Waals surface area contributed by atoms with Gasteiger partial charge in [-0.05, 0) is 50.3 Å². The molecule has 0 saturated carbocycles. The Morgan fingerprint density at radius 1 is 1.20 bits per heavy atom. The average molecular weight is 476 g/mol. The molecule has 4 nitrogen and oxygen atoms in total. The number of unbranched alkanes of at least 4 members (excludes halogenated alkanes) is 1. The second-order valence-electron chi connectivity index (χ2n) is 5.65. The molecule has 1 aromatic carbocycles. The first-order valence-corrected chi connectivity index (χ1v) is 9.15. The normalized spacial score (nSPS) is 11.1. The van der Waals surface area contributed by atoms with Gasteiger partial charge in [-0.1, -0.05) is 12.1 Å². The SMILES string of the molecule is CN=C(NCCCCc1nc(C)cs1)NCCc1cccc(F)c1.I. The van der Waals surface area contributed by atoms with Crippen LogP contribution in [0.25, 0.3) is 0 Å². The molecule has 0 saturated heterocycles. The van der Waals surface area contributed by atoms with Gasteiger partial charge in [0.15, 0.2) is 5.96 Å². The summed E-state index contributed by atoms with van der Waals surface area (Å²) in [5, 5.41) is 9.87. The number of hydrogen-bond acceptors (Lipinski definition) is 3. The van der Waals surface area contributed by atoms with E-state index in [9.17, 15) is 4.39 Å². The van der Waals surface area contributed by atoms with Crippen LogP contribution in [0.5, 0.6) is 0 Å². The number of aryl methyl sites for hydroxylation is 2. The van der Waals surface area contributed by atoms with E-state index in [0.717, 1.165) is 56.0 Å². The third-order valence-corrected chi connectivity index (χ3v) is 4.62. The Kier molecular flexibility index (Phi) is 10.6. The molecule has 0 atom stereocenters. The van der Waals surface area contributed by atoms with Gasteiger partial charge >= 0.3 is 0 Å².